The molecule has 122 valence electrons. The number of ether oxygens (including phenoxy) is 1. The van der Waals surface area contributed by atoms with Crippen molar-refractivity contribution in [2.75, 3.05) is 19.7 Å². The maximum Gasteiger partial charge on any atom is 0.409 e. The van der Waals surface area contributed by atoms with Gasteiger partial charge in [-0.1, -0.05) is 11.6 Å². The summed E-state index contributed by atoms with van der Waals surface area (Å²) in [6.07, 6.45) is 2.82. The standard InChI is InChI=1S/C17H21N3O3/c1-3-23-17(22)19-8-6-13(7-9-19)20-11-18-15-5-4-12(2)10-14(15)16(20)21/h4-5,10-11,13H,3,6-9H2,1-2H3. The van der Waals surface area contributed by atoms with Crippen LogP contribution in [-0.4, -0.2) is 40.2 Å². The third kappa shape index (κ3) is 3.06. The molecule has 0 aliphatic carbocycles. The lowest BCUT2D eigenvalue weighted by atomic mass is 10.0. The normalized spacial score (nSPS) is 15.8. The molecule has 3 rings (SSSR count). The molecular formula is C17H21N3O3. The minimum absolute atomic E-state index is 0.00622. The summed E-state index contributed by atoms with van der Waals surface area (Å²) in [5.41, 5.74) is 1.76. The second-order valence-corrected chi connectivity index (χ2v) is 5.89. The van der Waals surface area contributed by atoms with Crippen molar-refractivity contribution in [2.45, 2.75) is 32.7 Å². The summed E-state index contributed by atoms with van der Waals surface area (Å²) in [5.74, 6) is 0. The second kappa shape index (κ2) is 6.40. The molecule has 2 aromatic rings. The highest BCUT2D eigenvalue weighted by Crippen LogP contribution is 2.22. The van der Waals surface area contributed by atoms with Crippen LogP contribution in [0.25, 0.3) is 10.9 Å². The maximum absolute atomic E-state index is 12.7. The molecule has 1 aromatic heterocycles. The van der Waals surface area contributed by atoms with Crippen molar-refractivity contribution < 1.29 is 9.53 Å². The van der Waals surface area contributed by atoms with Crippen LogP contribution >= 0.6 is 0 Å². The monoisotopic (exact) mass is 315 g/mol. The molecule has 1 aliphatic heterocycles. The van der Waals surface area contributed by atoms with Gasteiger partial charge in [-0.05, 0) is 38.8 Å². The van der Waals surface area contributed by atoms with Crippen molar-refractivity contribution in [3.05, 3.63) is 40.4 Å². The molecule has 2 heterocycles. The van der Waals surface area contributed by atoms with Crippen molar-refractivity contribution in [1.29, 1.82) is 0 Å². The van der Waals surface area contributed by atoms with Crippen LogP contribution in [0.3, 0.4) is 0 Å². The molecule has 0 unspecified atom stereocenters. The van der Waals surface area contributed by atoms with E-state index in [-0.39, 0.29) is 17.7 Å². The first-order valence-electron chi connectivity index (χ1n) is 7.99. The fourth-order valence-electron chi connectivity index (χ4n) is 3.05. The molecule has 1 fully saturated rings. The summed E-state index contributed by atoms with van der Waals surface area (Å²) in [4.78, 5) is 30.6. The SMILES string of the molecule is CCOC(=O)N1CCC(n2cnc3ccc(C)cc3c2=O)CC1. The summed E-state index contributed by atoms with van der Waals surface area (Å²) >= 11 is 0. The molecule has 23 heavy (non-hydrogen) atoms. The molecule has 0 bridgehead atoms. The number of aryl methyl sites for hydroxylation is 1. The molecule has 0 atom stereocenters. The Labute approximate surface area is 134 Å². The first-order valence-corrected chi connectivity index (χ1v) is 7.99. The van der Waals surface area contributed by atoms with Crippen LogP contribution in [0, 0.1) is 6.92 Å². The quantitative estimate of drug-likeness (QED) is 0.854. The number of rotatable bonds is 2. The van der Waals surface area contributed by atoms with Crippen LogP contribution < -0.4 is 5.56 Å². The molecule has 0 spiro atoms. The average molecular weight is 315 g/mol. The summed E-state index contributed by atoms with van der Waals surface area (Å²) < 4.78 is 6.74. The Morgan fingerprint density at radius 3 is 2.78 bits per heavy atom. The summed E-state index contributed by atoms with van der Waals surface area (Å²) in [7, 11) is 0. The van der Waals surface area contributed by atoms with Gasteiger partial charge in [0.1, 0.15) is 0 Å². The molecular weight excluding hydrogens is 294 g/mol. The van der Waals surface area contributed by atoms with Gasteiger partial charge in [0.15, 0.2) is 0 Å². The summed E-state index contributed by atoms with van der Waals surface area (Å²) in [6, 6.07) is 5.79. The van der Waals surface area contributed by atoms with Crippen LogP contribution in [0.15, 0.2) is 29.3 Å². The Hall–Kier alpha value is -2.37. The first kappa shape index (κ1) is 15.5. The molecule has 0 N–H and O–H groups in total. The van der Waals surface area contributed by atoms with Crippen molar-refractivity contribution in [3.63, 3.8) is 0 Å². The number of carbonyl (C=O) groups excluding carboxylic acids is 1. The minimum Gasteiger partial charge on any atom is -0.450 e. The van der Waals surface area contributed by atoms with Gasteiger partial charge < -0.3 is 9.64 Å². The largest absolute Gasteiger partial charge is 0.450 e. The van der Waals surface area contributed by atoms with E-state index in [2.05, 4.69) is 4.98 Å². The highest BCUT2D eigenvalue weighted by Gasteiger charge is 2.25. The molecule has 1 saturated heterocycles. The van der Waals surface area contributed by atoms with Crippen molar-refractivity contribution >= 4 is 17.0 Å². The Morgan fingerprint density at radius 1 is 1.35 bits per heavy atom. The molecule has 0 radical (unpaired) electrons. The average Bonchev–Trinajstić information content (AvgIpc) is 2.56. The van der Waals surface area contributed by atoms with E-state index in [0.717, 1.165) is 23.9 Å². The predicted molar refractivity (Wildman–Crippen MR) is 87.6 cm³/mol. The second-order valence-electron chi connectivity index (χ2n) is 5.89. The van der Waals surface area contributed by atoms with E-state index in [1.807, 2.05) is 25.1 Å². The van der Waals surface area contributed by atoms with Crippen LogP contribution in [0.2, 0.25) is 0 Å². The van der Waals surface area contributed by atoms with Gasteiger partial charge in [0.05, 0.1) is 23.8 Å². The van der Waals surface area contributed by atoms with E-state index in [1.54, 1.807) is 22.7 Å². The number of aromatic nitrogens is 2. The maximum atomic E-state index is 12.7. The number of carbonyl (C=O) groups is 1. The Morgan fingerprint density at radius 2 is 2.09 bits per heavy atom. The molecule has 6 nitrogen and oxygen atoms in total. The lowest BCUT2D eigenvalue weighted by Crippen LogP contribution is -2.41. The highest BCUT2D eigenvalue weighted by molar-refractivity contribution is 5.78. The third-order valence-electron chi connectivity index (χ3n) is 4.32. The van der Waals surface area contributed by atoms with Crippen LogP contribution in [0.5, 0.6) is 0 Å². The topological polar surface area (TPSA) is 64.4 Å². The van der Waals surface area contributed by atoms with Crippen molar-refractivity contribution in [3.8, 4) is 0 Å². The number of hydrogen-bond donors (Lipinski definition) is 0. The van der Waals surface area contributed by atoms with Gasteiger partial charge in [0.25, 0.3) is 5.56 Å². The van der Waals surface area contributed by atoms with Gasteiger partial charge in [-0.15, -0.1) is 0 Å². The zero-order valence-corrected chi connectivity index (χ0v) is 13.5. The van der Waals surface area contributed by atoms with Gasteiger partial charge in [0.2, 0.25) is 0 Å². The van der Waals surface area contributed by atoms with Crippen LogP contribution in [-0.2, 0) is 4.74 Å². The van der Waals surface area contributed by atoms with Gasteiger partial charge in [0, 0.05) is 19.1 Å². The number of fused-ring (bicyclic) bond motifs is 1. The zero-order chi connectivity index (χ0) is 16.4. The van der Waals surface area contributed by atoms with E-state index in [0.29, 0.717) is 25.1 Å². The number of amides is 1. The molecule has 1 amide bonds. The predicted octanol–water partition coefficient (Wildman–Crippen LogP) is 2.50. The van der Waals surface area contributed by atoms with E-state index < -0.39 is 0 Å². The van der Waals surface area contributed by atoms with Gasteiger partial charge >= 0.3 is 6.09 Å². The number of piperidine rings is 1. The fourth-order valence-corrected chi connectivity index (χ4v) is 3.05. The lowest BCUT2D eigenvalue weighted by Gasteiger charge is -2.32. The smallest absolute Gasteiger partial charge is 0.409 e. The van der Waals surface area contributed by atoms with Gasteiger partial charge in [-0.25, -0.2) is 9.78 Å². The van der Waals surface area contributed by atoms with Crippen LogP contribution in [0.4, 0.5) is 4.79 Å². The van der Waals surface area contributed by atoms with Crippen LogP contribution in [0.1, 0.15) is 31.4 Å². The van der Waals surface area contributed by atoms with Gasteiger partial charge in [-0.3, -0.25) is 9.36 Å². The summed E-state index contributed by atoms with van der Waals surface area (Å²) in [5, 5.41) is 0.653. The minimum atomic E-state index is -0.273. The fraction of sp³-hybridized carbons (Fsp3) is 0.471. The van der Waals surface area contributed by atoms with Gasteiger partial charge in [-0.2, -0.15) is 0 Å². The number of nitrogens with zero attached hydrogens (tertiary/aromatic N) is 3. The first-order chi connectivity index (χ1) is 11.1. The Kier molecular flexibility index (Phi) is 4.32. The number of hydrogen-bond acceptors (Lipinski definition) is 4. The molecule has 6 heteroatoms. The molecule has 0 saturated carbocycles. The van der Waals surface area contributed by atoms with E-state index in [9.17, 15) is 9.59 Å². The van der Waals surface area contributed by atoms with E-state index in [4.69, 9.17) is 4.74 Å². The number of benzene rings is 1. The Bertz CT molecular complexity index is 776. The lowest BCUT2D eigenvalue weighted by molar-refractivity contribution is 0.0923. The Balaban J connectivity index is 1.81. The summed E-state index contributed by atoms with van der Waals surface area (Å²) in [6.45, 7) is 5.34. The number of likely N-dealkylation sites (tertiary alicyclic amines) is 1. The van der Waals surface area contributed by atoms with Crippen molar-refractivity contribution in [2.24, 2.45) is 0 Å². The molecule has 1 aromatic carbocycles. The van der Waals surface area contributed by atoms with E-state index in [1.165, 1.54) is 0 Å². The molecule has 1 aliphatic rings. The highest BCUT2D eigenvalue weighted by atomic mass is 16.6. The van der Waals surface area contributed by atoms with Crippen molar-refractivity contribution in [1.82, 2.24) is 14.5 Å². The zero-order valence-electron chi connectivity index (χ0n) is 13.5. The third-order valence-corrected chi connectivity index (χ3v) is 4.32. The van der Waals surface area contributed by atoms with E-state index >= 15 is 0 Å².